The predicted molar refractivity (Wildman–Crippen MR) is 56.1 cm³/mol. The van der Waals surface area contributed by atoms with E-state index in [9.17, 15) is 9.50 Å². The molecule has 1 aromatic rings. The zero-order chi connectivity index (χ0) is 12.0. The standard InChI is InChI=1S/C11H13FN2O2/c12-9-4-8(5-10(16)6-9)11(7-13)14-2-1-3-15/h4-6,11,14-16H,1-3H2. The second-order valence-electron chi connectivity index (χ2n) is 3.34. The van der Waals surface area contributed by atoms with E-state index in [0.29, 0.717) is 18.5 Å². The number of nitriles is 1. The lowest BCUT2D eigenvalue weighted by Gasteiger charge is -2.11. The average Bonchev–Trinajstić information content (AvgIpc) is 2.23. The van der Waals surface area contributed by atoms with Crippen LogP contribution in [0.15, 0.2) is 18.2 Å². The number of rotatable bonds is 5. The summed E-state index contributed by atoms with van der Waals surface area (Å²) in [5.74, 6) is -0.793. The fourth-order valence-electron chi connectivity index (χ4n) is 1.33. The molecule has 0 aliphatic rings. The molecule has 16 heavy (non-hydrogen) atoms. The fourth-order valence-corrected chi connectivity index (χ4v) is 1.33. The van der Waals surface area contributed by atoms with Crippen molar-refractivity contribution in [1.82, 2.24) is 5.32 Å². The minimum absolute atomic E-state index is 0.0273. The van der Waals surface area contributed by atoms with Crippen LogP contribution in [0.3, 0.4) is 0 Å². The number of aliphatic hydroxyl groups is 1. The van der Waals surface area contributed by atoms with Crippen molar-refractivity contribution in [1.29, 1.82) is 5.26 Å². The number of benzene rings is 1. The first-order valence-corrected chi connectivity index (χ1v) is 4.90. The van der Waals surface area contributed by atoms with Crippen molar-refractivity contribution in [2.75, 3.05) is 13.2 Å². The second-order valence-corrected chi connectivity index (χ2v) is 3.34. The Morgan fingerprint density at radius 3 is 2.75 bits per heavy atom. The van der Waals surface area contributed by atoms with E-state index in [1.807, 2.05) is 6.07 Å². The van der Waals surface area contributed by atoms with Gasteiger partial charge in [-0.3, -0.25) is 5.32 Å². The van der Waals surface area contributed by atoms with Crippen LogP contribution in [0.1, 0.15) is 18.0 Å². The second kappa shape index (κ2) is 6.05. The summed E-state index contributed by atoms with van der Waals surface area (Å²) in [7, 11) is 0. The molecule has 0 radical (unpaired) electrons. The van der Waals surface area contributed by atoms with Gasteiger partial charge in [-0.2, -0.15) is 5.26 Å². The minimum atomic E-state index is -0.687. The highest BCUT2D eigenvalue weighted by Crippen LogP contribution is 2.20. The maximum Gasteiger partial charge on any atom is 0.127 e. The Bertz CT molecular complexity index is 370. The van der Waals surface area contributed by atoms with E-state index in [4.69, 9.17) is 10.4 Å². The van der Waals surface area contributed by atoms with Gasteiger partial charge in [-0.1, -0.05) is 0 Å². The molecular weight excluding hydrogens is 211 g/mol. The molecule has 3 N–H and O–H groups in total. The van der Waals surface area contributed by atoms with Gasteiger partial charge < -0.3 is 10.2 Å². The third-order valence-electron chi connectivity index (χ3n) is 2.05. The van der Waals surface area contributed by atoms with Gasteiger partial charge in [-0.25, -0.2) is 4.39 Å². The summed E-state index contributed by atoms with van der Waals surface area (Å²) in [6, 6.07) is 4.78. The number of hydrogen-bond donors (Lipinski definition) is 3. The SMILES string of the molecule is N#CC(NCCCO)c1cc(O)cc(F)c1. The van der Waals surface area contributed by atoms with Crippen LogP contribution >= 0.6 is 0 Å². The van der Waals surface area contributed by atoms with Gasteiger partial charge in [-0.05, 0) is 30.7 Å². The number of phenols is 1. The Labute approximate surface area is 93.0 Å². The van der Waals surface area contributed by atoms with E-state index >= 15 is 0 Å². The first-order valence-electron chi connectivity index (χ1n) is 4.90. The molecule has 0 fully saturated rings. The van der Waals surface area contributed by atoms with E-state index in [2.05, 4.69) is 5.32 Å². The fraction of sp³-hybridized carbons (Fsp3) is 0.364. The number of phenolic OH excluding ortho intramolecular Hbond substituents is 1. The highest BCUT2D eigenvalue weighted by molar-refractivity contribution is 5.32. The van der Waals surface area contributed by atoms with Crippen molar-refractivity contribution < 1.29 is 14.6 Å². The third-order valence-corrected chi connectivity index (χ3v) is 2.05. The predicted octanol–water partition coefficient (Wildman–Crippen LogP) is 1.07. The summed E-state index contributed by atoms with van der Waals surface area (Å²) in [4.78, 5) is 0. The van der Waals surface area contributed by atoms with Gasteiger partial charge in [0.2, 0.25) is 0 Å². The Balaban J connectivity index is 2.75. The van der Waals surface area contributed by atoms with Gasteiger partial charge in [0.15, 0.2) is 0 Å². The van der Waals surface area contributed by atoms with Gasteiger partial charge in [0, 0.05) is 12.7 Å². The largest absolute Gasteiger partial charge is 0.508 e. The van der Waals surface area contributed by atoms with Crippen molar-refractivity contribution in [2.45, 2.75) is 12.5 Å². The summed E-state index contributed by atoms with van der Waals surface area (Å²) in [5.41, 5.74) is 0.373. The molecule has 0 saturated heterocycles. The van der Waals surface area contributed by atoms with Crippen LogP contribution in [0, 0.1) is 17.1 Å². The lowest BCUT2D eigenvalue weighted by molar-refractivity contribution is 0.285. The number of nitrogens with zero attached hydrogens (tertiary/aromatic N) is 1. The number of aromatic hydroxyl groups is 1. The van der Waals surface area contributed by atoms with E-state index < -0.39 is 11.9 Å². The monoisotopic (exact) mass is 224 g/mol. The molecule has 1 unspecified atom stereocenters. The third kappa shape index (κ3) is 3.50. The molecule has 0 bridgehead atoms. The van der Waals surface area contributed by atoms with E-state index in [1.54, 1.807) is 0 Å². The molecule has 86 valence electrons. The zero-order valence-electron chi connectivity index (χ0n) is 8.65. The maximum atomic E-state index is 13.0. The van der Waals surface area contributed by atoms with E-state index in [-0.39, 0.29) is 12.4 Å². The molecular formula is C11H13FN2O2. The van der Waals surface area contributed by atoms with E-state index in [0.717, 1.165) is 6.07 Å². The highest BCUT2D eigenvalue weighted by Gasteiger charge is 2.11. The van der Waals surface area contributed by atoms with Gasteiger partial charge in [0.1, 0.15) is 17.6 Å². The van der Waals surface area contributed by atoms with Crippen LogP contribution in [-0.4, -0.2) is 23.4 Å². The summed E-state index contributed by atoms with van der Waals surface area (Å²) in [5, 5.41) is 29.5. The Morgan fingerprint density at radius 1 is 1.44 bits per heavy atom. The topological polar surface area (TPSA) is 76.3 Å². The quantitative estimate of drug-likeness (QED) is 0.654. The van der Waals surface area contributed by atoms with Gasteiger partial charge in [0.25, 0.3) is 0 Å². The van der Waals surface area contributed by atoms with Gasteiger partial charge in [0.05, 0.1) is 6.07 Å². The molecule has 1 atom stereocenters. The maximum absolute atomic E-state index is 13.0. The molecule has 5 heteroatoms. The van der Waals surface area contributed by atoms with Gasteiger partial charge in [-0.15, -0.1) is 0 Å². The molecule has 0 aliphatic heterocycles. The van der Waals surface area contributed by atoms with Crippen LogP contribution in [0.5, 0.6) is 5.75 Å². The lowest BCUT2D eigenvalue weighted by Crippen LogP contribution is -2.21. The van der Waals surface area contributed by atoms with Gasteiger partial charge >= 0.3 is 0 Å². The molecule has 0 heterocycles. The molecule has 0 spiro atoms. The van der Waals surface area contributed by atoms with Crippen molar-refractivity contribution >= 4 is 0 Å². The minimum Gasteiger partial charge on any atom is -0.508 e. The number of nitrogens with one attached hydrogen (secondary N) is 1. The van der Waals surface area contributed by atoms with Crippen LogP contribution in [0.25, 0.3) is 0 Å². The Kier molecular flexibility index (Phi) is 4.70. The lowest BCUT2D eigenvalue weighted by atomic mass is 10.1. The number of aliphatic hydroxyl groups excluding tert-OH is 1. The summed E-state index contributed by atoms with van der Waals surface area (Å²) in [6.45, 7) is 0.478. The Morgan fingerprint density at radius 2 is 2.19 bits per heavy atom. The average molecular weight is 224 g/mol. The molecule has 0 aliphatic carbocycles. The van der Waals surface area contributed by atoms with E-state index in [1.165, 1.54) is 12.1 Å². The number of halogens is 1. The van der Waals surface area contributed by atoms with Crippen molar-refractivity contribution in [3.8, 4) is 11.8 Å². The normalized spacial score (nSPS) is 12.1. The molecule has 1 aromatic carbocycles. The first-order chi connectivity index (χ1) is 7.67. The van der Waals surface area contributed by atoms with Crippen molar-refractivity contribution in [2.24, 2.45) is 0 Å². The molecule has 1 rings (SSSR count). The summed E-state index contributed by atoms with van der Waals surface area (Å²) < 4.78 is 13.0. The van der Waals surface area contributed by atoms with Crippen LogP contribution in [-0.2, 0) is 0 Å². The Hall–Kier alpha value is -1.64. The van der Waals surface area contributed by atoms with Crippen molar-refractivity contribution in [3.63, 3.8) is 0 Å². The zero-order valence-corrected chi connectivity index (χ0v) is 8.65. The van der Waals surface area contributed by atoms with Crippen molar-refractivity contribution in [3.05, 3.63) is 29.6 Å². The van der Waals surface area contributed by atoms with Crippen LogP contribution in [0.2, 0.25) is 0 Å². The molecule has 4 nitrogen and oxygen atoms in total. The summed E-state index contributed by atoms with van der Waals surface area (Å²) >= 11 is 0. The number of hydrogen-bond acceptors (Lipinski definition) is 4. The molecule has 0 aromatic heterocycles. The van der Waals surface area contributed by atoms with Crippen LogP contribution < -0.4 is 5.32 Å². The highest BCUT2D eigenvalue weighted by atomic mass is 19.1. The van der Waals surface area contributed by atoms with Crippen LogP contribution in [0.4, 0.5) is 4.39 Å². The summed E-state index contributed by atoms with van der Waals surface area (Å²) in [6.07, 6.45) is 0.513. The molecule has 0 amide bonds. The molecule has 0 saturated carbocycles. The smallest absolute Gasteiger partial charge is 0.127 e. The first kappa shape index (κ1) is 12.4.